The van der Waals surface area contributed by atoms with E-state index in [4.69, 9.17) is 11.6 Å². The zero-order valence-electron chi connectivity index (χ0n) is 9.04. The van der Waals surface area contributed by atoms with E-state index < -0.39 is 0 Å². The minimum Gasteiger partial charge on any atom is -0.339 e. The van der Waals surface area contributed by atoms with Crippen LogP contribution in [-0.2, 0) is 0 Å². The average Bonchev–Trinajstić information content (AvgIpc) is 2.61. The van der Waals surface area contributed by atoms with Gasteiger partial charge in [-0.1, -0.05) is 29.8 Å². The normalized spacial score (nSPS) is 10.4. The molecule has 16 heavy (non-hydrogen) atoms. The highest BCUT2D eigenvalue weighted by atomic mass is 35.5. The van der Waals surface area contributed by atoms with Gasteiger partial charge in [0.05, 0.1) is 10.7 Å². The summed E-state index contributed by atoms with van der Waals surface area (Å²) in [5.41, 5.74) is 2.42. The first-order valence-corrected chi connectivity index (χ1v) is 5.30. The van der Waals surface area contributed by atoms with E-state index >= 15 is 0 Å². The summed E-state index contributed by atoms with van der Waals surface area (Å²) >= 11 is 6.08. The molecule has 0 saturated heterocycles. The second kappa shape index (κ2) is 4.10. The molecular weight excluding hydrogens is 224 g/mol. The van der Waals surface area contributed by atoms with Gasteiger partial charge in [-0.3, -0.25) is 4.79 Å². The van der Waals surface area contributed by atoms with Crippen molar-refractivity contribution in [2.75, 3.05) is 0 Å². The third-order valence-corrected chi connectivity index (χ3v) is 2.68. The number of rotatable bonds is 2. The Kier molecular flexibility index (Phi) is 2.79. The van der Waals surface area contributed by atoms with Crippen molar-refractivity contribution in [3.8, 4) is 11.3 Å². The van der Waals surface area contributed by atoms with E-state index in [9.17, 15) is 4.79 Å². The summed E-state index contributed by atoms with van der Waals surface area (Å²) in [5, 5.41) is 0.632. The highest BCUT2D eigenvalue weighted by Crippen LogP contribution is 2.28. The molecular formula is C12H11ClN2O. The maximum Gasteiger partial charge on any atom is 0.195 e. The molecule has 0 aliphatic heterocycles. The van der Waals surface area contributed by atoms with Crippen molar-refractivity contribution in [3.63, 3.8) is 0 Å². The highest BCUT2D eigenvalue weighted by molar-refractivity contribution is 6.33. The van der Waals surface area contributed by atoms with Crippen LogP contribution in [0.3, 0.4) is 0 Å². The van der Waals surface area contributed by atoms with Crippen LogP contribution in [0.5, 0.6) is 0 Å². The van der Waals surface area contributed by atoms with Crippen LogP contribution in [0.4, 0.5) is 0 Å². The molecule has 4 heteroatoms. The summed E-state index contributed by atoms with van der Waals surface area (Å²) in [4.78, 5) is 18.4. The fourth-order valence-electron chi connectivity index (χ4n) is 1.54. The van der Waals surface area contributed by atoms with Gasteiger partial charge >= 0.3 is 0 Å². The smallest absolute Gasteiger partial charge is 0.195 e. The van der Waals surface area contributed by atoms with E-state index in [0.717, 1.165) is 17.0 Å². The Morgan fingerprint density at radius 2 is 2.06 bits per heavy atom. The molecule has 0 radical (unpaired) electrons. The molecule has 0 bridgehead atoms. The predicted molar refractivity (Wildman–Crippen MR) is 63.8 cm³/mol. The van der Waals surface area contributed by atoms with Crippen molar-refractivity contribution < 1.29 is 4.79 Å². The Balaban J connectivity index is 2.57. The number of nitrogens with one attached hydrogen (secondary N) is 1. The number of hydrogen-bond donors (Lipinski definition) is 1. The first-order valence-electron chi connectivity index (χ1n) is 4.92. The predicted octanol–water partition coefficient (Wildman–Crippen LogP) is 3.24. The van der Waals surface area contributed by atoms with Crippen LogP contribution < -0.4 is 0 Å². The Morgan fingerprint density at radius 3 is 2.62 bits per heavy atom. The number of aromatic nitrogens is 2. The highest BCUT2D eigenvalue weighted by Gasteiger charge is 2.13. The third kappa shape index (κ3) is 1.86. The van der Waals surface area contributed by atoms with Crippen LogP contribution in [0, 0.1) is 6.92 Å². The summed E-state index contributed by atoms with van der Waals surface area (Å²) in [5.74, 6) is 0.286. The van der Waals surface area contributed by atoms with Crippen molar-refractivity contribution in [1.29, 1.82) is 0 Å². The van der Waals surface area contributed by atoms with Crippen LogP contribution in [0.1, 0.15) is 23.2 Å². The summed E-state index contributed by atoms with van der Waals surface area (Å²) in [6.45, 7) is 3.35. The molecule has 0 fully saturated rings. The van der Waals surface area contributed by atoms with Gasteiger partial charge in [0.25, 0.3) is 0 Å². The number of Topliss-reactive ketones (excluding diaryl/α,β-unsaturated/α-hetero) is 1. The second-order valence-corrected chi connectivity index (χ2v) is 4.00. The number of aromatic amines is 1. The number of nitrogens with zero attached hydrogens (tertiary/aromatic N) is 1. The summed E-state index contributed by atoms with van der Waals surface area (Å²) in [6.07, 6.45) is 0. The van der Waals surface area contributed by atoms with Crippen LogP contribution in [0.2, 0.25) is 5.02 Å². The second-order valence-electron chi connectivity index (χ2n) is 3.60. The summed E-state index contributed by atoms with van der Waals surface area (Å²) in [7, 11) is 0. The fraction of sp³-hybridized carbons (Fsp3) is 0.167. The lowest BCUT2D eigenvalue weighted by molar-refractivity contribution is 0.100. The molecule has 1 aromatic carbocycles. The van der Waals surface area contributed by atoms with Crippen molar-refractivity contribution in [2.24, 2.45) is 0 Å². The van der Waals surface area contributed by atoms with Gasteiger partial charge in [-0.15, -0.1) is 0 Å². The van der Waals surface area contributed by atoms with Crippen molar-refractivity contribution in [3.05, 3.63) is 40.8 Å². The van der Waals surface area contributed by atoms with Crippen LogP contribution in [0.15, 0.2) is 24.3 Å². The number of H-pyrrole nitrogens is 1. The zero-order chi connectivity index (χ0) is 11.7. The molecule has 0 atom stereocenters. The maximum atomic E-state index is 11.2. The molecule has 3 nitrogen and oxygen atoms in total. The summed E-state index contributed by atoms with van der Waals surface area (Å²) in [6, 6.07) is 7.44. The maximum absolute atomic E-state index is 11.2. The number of halogens is 1. The lowest BCUT2D eigenvalue weighted by Crippen LogP contribution is -1.94. The van der Waals surface area contributed by atoms with Gasteiger partial charge in [-0.2, -0.15) is 0 Å². The van der Waals surface area contributed by atoms with Crippen molar-refractivity contribution >= 4 is 17.4 Å². The molecule has 0 amide bonds. The van der Waals surface area contributed by atoms with E-state index in [1.54, 1.807) is 6.07 Å². The quantitative estimate of drug-likeness (QED) is 0.811. The zero-order valence-corrected chi connectivity index (χ0v) is 9.80. The summed E-state index contributed by atoms with van der Waals surface area (Å²) < 4.78 is 0. The SMILES string of the molecule is CC(=O)c1nc(-c2ccccc2Cl)c(C)[nH]1. The van der Waals surface area contributed by atoms with Gasteiger partial charge in [-0.25, -0.2) is 4.98 Å². The van der Waals surface area contributed by atoms with Crippen LogP contribution in [0.25, 0.3) is 11.3 Å². The largest absolute Gasteiger partial charge is 0.339 e. The molecule has 0 saturated carbocycles. The van der Waals surface area contributed by atoms with E-state index in [1.807, 2.05) is 25.1 Å². The standard InChI is InChI=1S/C12H11ClN2O/c1-7-11(15-12(14-7)8(2)16)9-5-3-4-6-10(9)13/h3-6H,1-2H3,(H,14,15). The monoisotopic (exact) mass is 234 g/mol. The van der Waals surface area contributed by atoms with Crippen molar-refractivity contribution in [1.82, 2.24) is 9.97 Å². The lowest BCUT2D eigenvalue weighted by atomic mass is 10.1. The minimum atomic E-state index is -0.0820. The van der Waals surface area contributed by atoms with Gasteiger partial charge in [0.15, 0.2) is 11.6 Å². The Bertz CT molecular complexity index is 546. The molecule has 0 spiro atoms. The topological polar surface area (TPSA) is 45.8 Å². The average molecular weight is 235 g/mol. The number of benzene rings is 1. The number of aryl methyl sites for hydroxylation is 1. The Hall–Kier alpha value is -1.61. The van der Waals surface area contributed by atoms with Gasteiger partial charge in [0, 0.05) is 18.2 Å². The van der Waals surface area contributed by atoms with E-state index in [-0.39, 0.29) is 5.78 Å². The minimum absolute atomic E-state index is 0.0820. The first-order chi connectivity index (χ1) is 7.59. The Morgan fingerprint density at radius 1 is 1.38 bits per heavy atom. The first kappa shape index (κ1) is 10.9. The Labute approximate surface area is 98.5 Å². The molecule has 82 valence electrons. The molecule has 2 aromatic rings. The van der Waals surface area contributed by atoms with Crippen LogP contribution in [-0.4, -0.2) is 15.8 Å². The number of hydrogen-bond acceptors (Lipinski definition) is 2. The van der Waals surface area contributed by atoms with Gasteiger partial charge < -0.3 is 4.98 Å². The third-order valence-electron chi connectivity index (χ3n) is 2.35. The molecule has 0 unspecified atom stereocenters. The molecule has 1 N–H and O–H groups in total. The molecule has 1 heterocycles. The molecule has 0 aliphatic rings. The van der Waals surface area contributed by atoms with Gasteiger partial charge in [0.1, 0.15) is 0 Å². The van der Waals surface area contributed by atoms with E-state index in [0.29, 0.717) is 10.8 Å². The number of carbonyl (C=O) groups excluding carboxylic acids is 1. The van der Waals surface area contributed by atoms with Crippen LogP contribution >= 0.6 is 11.6 Å². The number of carbonyl (C=O) groups is 1. The van der Waals surface area contributed by atoms with Gasteiger partial charge in [0.2, 0.25) is 0 Å². The molecule has 0 aliphatic carbocycles. The lowest BCUT2D eigenvalue weighted by Gasteiger charge is -2.00. The van der Waals surface area contributed by atoms with E-state index in [2.05, 4.69) is 9.97 Å². The van der Waals surface area contributed by atoms with Gasteiger partial charge in [-0.05, 0) is 13.0 Å². The molecule has 1 aromatic heterocycles. The van der Waals surface area contributed by atoms with E-state index in [1.165, 1.54) is 6.92 Å². The molecule has 2 rings (SSSR count). The van der Waals surface area contributed by atoms with Crippen molar-refractivity contribution in [2.45, 2.75) is 13.8 Å². The fourth-order valence-corrected chi connectivity index (χ4v) is 1.77. The number of imidazole rings is 1. The number of ketones is 1.